The second kappa shape index (κ2) is 5.96. The first-order valence-corrected chi connectivity index (χ1v) is 6.12. The van der Waals surface area contributed by atoms with E-state index in [9.17, 15) is 4.79 Å². The molecule has 0 fully saturated rings. The smallest absolute Gasteiger partial charge is 0.249 e. The number of aryl methyl sites for hydroxylation is 2. The number of carbonyl (C=O) groups excluding carboxylic acids is 1. The van der Waals surface area contributed by atoms with Crippen LogP contribution >= 0.6 is 0 Å². The van der Waals surface area contributed by atoms with Gasteiger partial charge in [0.2, 0.25) is 5.91 Å². The highest BCUT2D eigenvalue weighted by molar-refractivity contribution is 6.01. The van der Waals surface area contributed by atoms with Gasteiger partial charge in [-0.2, -0.15) is 0 Å². The number of amides is 1. The Balaban J connectivity index is 2.02. The van der Waals surface area contributed by atoms with Crippen molar-refractivity contribution in [2.45, 2.75) is 13.8 Å². The van der Waals surface area contributed by atoms with E-state index in [4.69, 9.17) is 0 Å². The molecular weight excluding hydrogens is 236 g/mol. The van der Waals surface area contributed by atoms with Crippen molar-refractivity contribution >= 4 is 17.8 Å². The third-order valence-electron chi connectivity index (χ3n) is 2.76. The number of nitrogens with one attached hydrogen (secondary N) is 1. The summed E-state index contributed by atoms with van der Waals surface area (Å²) >= 11 is 0. The van der Waals surface area contributed by atoms with Gasteiger partial charge in [0, 0.05) is 12.3 Å². The van der Waals surface area contributed by atoms with Crippen LogP contribution in [0.2, 0.25) is 0 Å². The van der Waals surface area contributed by atoms with Crippen LogP contribution in [0, 0.1) is 13.8 Å². The second-order valence-electron chi connectivity index (χ2n) is 4.40. The molecule has 1 heterocycles. The first-order valence-electron chi connectivity index (χ1n) is 6.12. The molecule has 0 spiro atoms. The van der Waals surface area contributed by atoms with E-state index in [0.717, 1.165) is 11.1 Å². The van der Waals surface area contributed by atoms with Crippen molar-refractivity contribution < 1.29 is 4.79 Å². The summed E-state index contributed by atoms with van der Waals surface area (Å²) in [4.78, 5) is 15.9. The number of hydrogen-bond donors (Lipinski definition) is 1. The molecular formula is C16H16N2O. The first kappa shape index (κ1) is 13.0. The molecule has 1 amide bonds. The van der Waals surface area contributed by atoms with E-state index < -0.39 is 0 Å². The van der Waals surface area contributed by atoms with Crippen LogP contribution < -0.4 is 5.32 Å². The molecule has 2 rings (SSSR count). The molecule has 0 aliphatic heterocycles. The Morgan fingerprint density at radius 1 is 1.16 bits per heavy atom. The van der Waals surface area contributed by atoms with Gasteiger partial charge in [0.25, 0.3) is 0 Å². The molecule has 0 radical (unpaired) electrons. The van der Waals surface area contributed by atoms with Gasteiger partial charge >= 0.3 is 0 Å². The van der Waals surface area contributed by atoms with Crippen molar-refractivity contribution in [3.63, 3.8) is 0 Å². The molecule has 0 bridgehead atoms. The number of anilines is 1. The summed E-state index contributed by atoms with van der Waals surface area (Å²) in [6.45, 7) is 3.94. The minimum absolute atomic E-state index is 0.178. The fourth-order valence-electron chi connectivity index (χ4n) is 1.62. The van der Waals surface area contributed by atoms with Gasteiger partial charge in [-0.3, -0.25) is 4.79 Å². The van der Waals surface area contributed by atoms with Crippen molar-refractivity contribution in [1.82, 2.24) is 4.98 Å². The maximum Gasteiger partial charge on any atom is 0.249 e. The predicted octanol–water partition coefficient (Wildman–Crippen LogP) is 3.35. The fourth-order valence-corrected chi connectivity index (χ4v) is 1.62. The summed E-state index contributed by atoms with van der Waals surface area (Å²) < 4.78 is 0. The molecule has 0 aliphatic rings. The van der Waals surface area contributed by atoms with E-state index in [-0.39, 0.29) is 5.91 Å². The second-order valence-corrected chi connectivity index (χ2v) is 4.40. The maximum absolute atomic E-state index is 11.8. The van der Waals surface area contributed by atoms with Crippen LogP contribution in [-0.2, 0) is 4.79 Å². The molecule has 19 heavy (non-hydrogen) atoms. The number of benzene rings is 1. The van der Waals surface area contributed by atoms with Gasteiger partial charge in [0.1, 0.15) is 5.82 Å². The van der Waals surface area contributed by atoms with E-state index in [0.29, 0.717) is 5.82 Å². The summed E-state index contributed by atoms with van der Waals surface area (Å²) in [5.41, 5.74) is 3.14. The molecule has 0 unspecified atom stereocenters. The number of carbonyl (C=O) groups is 1. The van der Waals surface area contributed by atoms with E-state index >= 15 is 0 Å². The molecule has 1 N–H and O–H groups in total. The lowest BCUT2D eigenvalue weighted by Gasteiger charge is -2.03. The van der Waals surface area contributed by atoms with Crippen LogP contribution in [-0.4, -0.2) is 10.9 Å². The van der Waals surface area contributed by atoms with Gasteiger partial charge in [0.15, 0.2) is 0 Å². The number of pyridine rings is 1. The molecule has 0 aliphatic carbocycles. The monoisotopic (exact) mass is 252 g/mol. The average Bonchev–Trinajstić information content (AvgIpc) is 2.41. The molecule has 3 nitrogen and oxygen atoms in total. The minimum atomic E-state index is -0.178. The Morgan fingerprint density at radius 3 is 2.58 bits per heavy atom. The highest BCUT2D eigenvalue weighted by Crippen LogP contribution is 2.09. The van der Waals surface area contributed by atoms with Crippen LogP contribution in [0.15, 0.2) is 48.7 Å². The lowest BCUT2D eigenvalue weighted by molar-refractivity contribution is -0.111. The van der Waals surface area contributed by atoms with E-state index in [1.165, 1.54) is 11.6 Å². The Bertz CT molecular complexity index is 600. The van der Waals surface area contributed by atoms with Crippen molar-refractivity contribution in [2.24, 2.45) is 0 Å². The Kier molecular flexibility index (Phi) is 4.08. The zero-order valence-electron chi connectivity index (χ0n) is 11.1. The molecule has 0 saturated carbocycles. The number of nitrogens with zero attached hydrogens (tertiary/aromatic N) is 1. The Hall–Kier alpha value is -2.42. The highest BCUT2D eigenvalue weighted by atomic mass is 16.1. The Labute approximate surface area is 113 Å². The molecule has 3 heteroatoms. The fraction of sp³-hybridized carbons (Fsp3) is 0.125. The summed E-state index contributed by atoms with van der Waals surface area (Å²) in [7, 11) is 0. The standard InChI is InChI=1S/C16H16N2O/c1-12-5-7-14(8-6-12)9-10-15(19)18-16-13(2)4-3-11-17-16/h3-11H,1-2H3,(H,17,18,19). The molecule has 1 aromatic heterocycles. The van der Waals surface area contributed by atoms with Gasteiger partial charge in [-0.05, 0) is 37.1 Å². The van der Waals surface area contributed by atoms with Crippen LogP contribution in [0.25, 0.3) is 6.08 Å². The third-order valence-corrected chi connectivity index (χ3v) is 2.76. The van der Waals surface area contributed by atoms with Crippen LogP contribution in [0.5, 0.6) is 0 Å². The Morgan fingerprint density at radius 2 is 1.89 bits per heavy atom. The molecule has 0 atom stereocenters. The van der Waals surface area contributed by atoms with Crippen molar-refractivity contribution in [2.75, 3.05) is 5.32 Å². The highest BCUT2D eigenvalue weighted by Gasteiger charge is 2.01. The van der Waals surface area contributed by atoms with Crippen LogP contribution in [0.1, 0.15) is 16.7 Å². The zero-order valence-corrected chi connectivity index (χ0v) is 11.1. The topological polar surface area (TPSA) is 42.0 Å². The normalized spacial score (nSPS) is 10.6. The average molecular weight is 252 g/mol. The predicted molar refractivity (Wildman–Crippen MR) is 77.8 cm³/mol. The van der Waals surface area contributed by atoms with E-state index in [1.54, 1.807) is 12.3 Å². The first-order chi connectivity index (χ1) is 9.15. The lowest BCUT2D eigenvalue weighted by Crippen LogP contribution is -2.10. The summed E-state index contributed by atoms with van der Waals surface area (Å²) in [6, 6.07) is 11.7. The van der Waals surface area contributed by atoms with Gasteiger partial charge in [-0.25, -0.2) is 4.98 Å². The van der Waals surface area contributed by atoms with E-state index in [1.807, 2.05) is 50.2 Å². The summed E-state index contributed by atoms with van der Waals surface area (Å²) in [5, 5.41) is 2.75. The summed E-state index contributed by atoms with van der Waals surface area (Å²) in [5.74, 6) is 0.420. The van der Waals surface area contributed by atoms with Crippen molar-refractivity contribution in [3.8, 4) is 0 Å². The number of rotatable bonds is 3. The minimum Gasteiger partial charge on any atom is -0.307 e. The molecule has 96 valence electrons. The van der Waals surface area contributed by atoms with Gasteiger partial charge in [-0.1, -0.05) is 35.9 Å². The van der Waals surface area contributed by atoms with Crippen molar-refractivity contribution in [3.05, 3.63) is 65.4 Å². The number of hydrogen-bond acceptors (Lipinski definition) is 2. The molecule has 2 aromatic rings. The van der Waals surface area contributed by atoms with Gasteiger partial charge in [0.05, 0.1) is 0 Å². The van der Waals surface area contributed by atoms with E-state index in [2.05, 4.69) is 10.3 Å². The summed E-state index contributed by atoms with van der Waals surface area (Å²) in [6.07, 6.45) is 4.96. The van der Waals surface area contributed by atoms with Crippen LogP contribution in [0.4, 0.5) is 5.82 Å². The molecule has 1 aromatic carbocycles. The van der Waals surface area contributed by atoms with Crippen LogP contribution in [0.3, 0.4) is 0 Å². The third kappa shape index (κ3) is 3.78. The van der Waals surface area contributed by atoms with Crippen molar-refractivity contribution in [1.29, 1.82) is 0 Å². The number of aromatic nitrogens is 1. The van der Waals surface area contributed by atoms with Gasteiger partial charge in [-0.15, -0.1) is 0 Å². The lowest BCUT2D eigenvalue weighted by atomic mass is 10.1. The zero-order chi connectivity index (χ0) is 13.7. The molecule has 0 saturated heterocycles. The largest absolute Gasteiger partial charge is 0.307 e. The SMILES string of the molecule is Cc1ccc(C=CC(=O)Nc2ncccc2C)cc1. The quantitative estimate of drug-likeness (QED) is 0.851. The van der Waals surface area contributed by atoms with Gasteiger partial charge < -0.3 is 5.32 Å². The maximum atomic E-state index is 11.8.